The maximum atomic E-state index is 12.2. The molecule has 222 valence electrons. The van der Waals surface area contributed by atoms with Gasteiger partial charge in [0.05, 0.1) is 0 Å². The van der Waals surface area contributed by atoms with Gasteiger partial charge in [0, 0.05) is 19.3 Å². The first-order valence-corrected chi connectivity index (χ1v) is 16.9. The van der Waals surface area contributed by atoms with Gasteiger partial charge >= 0.3 is 5.97 Å². The van der Waals surface area contributed by atoms with E-state index in [1.165, 1.54) is 141 Å². The van der Waals surface area contributed by atoms with Gasteiger partial charge in [0.2, 0.25) is 5.79 Å². The van der Waals surface area contributed by atoms with Crippen LogP contribution in [0.3, 0.4) is 0 Å². The van der Waals surface area contributed by atoms with Crippen molar-refractivity contribution in [1.29, 1.82) is 0 Å². The molecule has 0 heterocycles. The van der Waals surface area contributed by atoms with Crippen molar-refractivity contribution < 1.29 is 14.6 Å². The van der Waals surface area contributed by atoms with Gasteiger partial charge in [-0.25, -0.2) is 0 Å². The van der Waals surface area contributed by atoms with E-state index in [9.17, 15) is 9.90 Å². The van der Waals surface area contributed by atoms with Crippen LogP contribution in [0.4, 0.5) is 0 Å². The van der Waals surface area contributed by atoms with E-state index in [1.807, 2.05) is 6.92 Å². The van der Waals surface area contributed by atoms with Crippen molar-refractivity contribution in [2.75, 3.05) is 0 Å². The summed E-state index contributed by atoms with van der Waals surface area (Å²) in [6.45, 7) is 8.21. The van der Waals surface area contributed by atoms with Crippen molar-refractivity contribution in [3.05, 3.63) is 0 Å². The van der Waals surface area contributed by atoms with Crippen molar-refractivity contribution in [2.24, 2.45) is 5.92 Å². The van der Waals surface area contributed by atoms with Gasteiger partial charge in [-0.3, -0.25) is 4.79 Å². The minimum absolute atomic E-state index is 0.0220. The van der Waals surface area contributed by atoms with Gasteiger partial charge in [0.25, 0.3) is 0 Å². The van der Waals surface area contributed by atoms with Gasteiger partial charge in [0.1, 0.15) is 0 Å². The third-order valence-electron chi connectivity index (χ3n) is 8.21. The summed E-state index contributed by atoms with van der Waals surface area (Å²) in [5.41, 5.74) is 0. The Bertz CT molecular complexity index is 474. The first-order valence-electron chi connectivity index (χ1n) is 16.9. The molecule has 37 heavy (non-hydrogen) atoms. The van der Waals surface area contributed by atoms with Crippen LogP contribution in [0.5, 0.6) is 0 Å². The van der Waals surface area contributed by atoms with E-state index in [-0.39, 0.29) is 11.9 Å². The number of carbonyl (C=O) groups is 1. The average molecular weight is 525 g/mol. The summed E-state index contributed by atoms with van der Waals surface area (Å²) < 4.78 is 5.47. The average Bonchev–Trinajstić information content (AvgIpc) is 2.87. The lowest BCUT2D eigenvalue weighted by Gasteiger charge is -2.30. The molecule has 0 aliphatic carbocycles. The molecule has 0 fully saturated rings. The second kappa shape index (κ2) is 27.0. The molecule has 0 aliphatic heterocycles. The number of hydrogen-bond donors (Lipinski definition) is 1. The zero-order valence-electron chi connectivity index (χ0n) is 25.9. The lowest BCUT2D eigenvalue weighted by atomic mass is 9.94. The predicted molar refractivity (Wildman–Crippen MR) is 162 cm³/mol. The molecule has 0 spiro atoms. The van der Waals surface area contributed by atoms with E-state index < -0.39 is 5.79 Å². The highest BCUT2D eigenvalue weighted by Gasteiger charge is 2.31. The number of rotatable bonds is 29. The molecule has 3 nitrogen and oxygen atoms in total. The van der Waals surface area contributed by atoms with E-state index in [0.29, 0.717) is 6.42 Å². The Hall–Kier alpha value is -0.570. The fraction of sp³-hybridized carbons (Fsp3) is 0.971. The molecular formula is C34H68O3. The summed E-state index contributed by atoms with van der Waals surface area (Å²) in [6, 6.07) is 0. The van der Waals surface area contributed by atoms with E-state index in [0.717, 1.165) is 25.7 Å². The zero-order chi connectivity index (χ0) is 27.5. The molecule has 3 heteroatoms. The molecule has 0 radical (unpaired) electrons. The molecule has 0 bridgehead atoms. The number of ether oxygens (including phenoxy) is 1. The Kier molecular flexibility index (Phi) is 26.6. The Morgan fingerprint density at radius 3 is 1.22 bits per heavy atom. The van der Waals surface area contributed by atoms with E-state index in [4.69, 9.17) is 4.74 Å². The fourth-order valence-electron chi connectivity index (χ4n) is 5.23. The number of hydrogen-bond acceptors (Lipinski definition) is 3. The van der Waals surface area contributed by atoms with Crippen LogP contribution >= 0.6 is 0 Å². The van der Waals surface area contributed by atoms with Gasteiger partial charge in [-0.1, -0.05) is 175 Å². The monoisotopic (exact) mass is 525 g/mol. The van der Waals surface area contributed by atoms with Crippen LogP contribution in [0.15, 0.2) is 0 Å². The van der Waals surface area contributed by atoms with Crippen LogP contribution in [0.1, 0.15) is 201 Å². The van der Waals surface area contributed by atoms with Crippen LogP contribution in [0, 0.1) is 5.92 Å². The number of unbranched alkanes of at least 4 members (excludes halogenated alkanes) is 23. The molecular weight excluding hydrogens is 456 g/mol. The molecule has 0 aromatic carbocycles. The molecule has 0 rings (SSSR count). The summed E-state index contributed by atoms with van der Waals surface area (Å²) in [7, 11) is 0. The van der Waals surface area contributed by atoms with E-state index in [1.54, 1.807) is 6.92 Å². The lowest BCUT2D eigenvalue weighted by molar-refractivity contribution is -0.221. The smallest absolute Gasteiger partial charge is 0.308 e. The Balaban J connectivity index is 3.55. The SMILES string of the molecule is CCCCCCCCCCCCCCCCCCC(C)C(C)(O)OC(=O)CCCCCCCCCCC. The Morgan fingerprint density at radius 2 is 0.865 bits per heavy atom. The number of carbonyl (C=O) groups excluding carboxylic acids is 1. The van der Waals surface area contributed by atoms with Crippen molar-refractivity contribution in [3.8, 4) is 0 Å². The maximum Gasteiger partial charge on any atom is 0.308 e. The van der Waals surface area contributed by atoms with Crippen LogP contribution in [-0.4, -0.2) is 16.9 Å². The first-order chi connectivity index (χ1) is 17.9. The predicted octanol–water partition coefficient (Wildman–Crippen LogP) is 11.4. The van der Waals surface area contributed by atoms with Gasteiger partial charge in [-0.05, 0) is 12.8 Å². The second-order valence-electron chi connectivity index (χ2n) is 12.1. The molecule has 0 saturated heterocycles. The third kappa shape index (κ3) is 25.5. The van der Waals surface area contributed by atoms with E-state index in [2.05, 4.69) is 13.8 Å². The van der Waals surface area contributed by atoms with Gasteiger partial charge in [-0.2, -0.15) is 0 Å². The van der Waals surface area contributed by atoms with Gasteiger partial charge in [0.15, 0.2) is 0 Å². The largest absolute Gasteiger partial charge is 0.433 e. The Morgan fingerprint density at radius 1 is 0.568 bits per heavy atom. The van der Waals surface area contributed by atoms with Gasteiger partial charge in [-0.15, -0.1) is 0 Å². The summed E-state index contributed by atoms with van der Waals surface area (Å²) in [6.07, 6.45) is 34.3. The highest BCUT2D eigenvalue weighted by atomic mass is 16.7. The van der Waals surface area contributed by atoms with E-state index >= 15 is 0 Å². The molecule has 0 amide bonds. The van der Waals surface area contributed by atoms with Gasteiger partial charge < -0.3 is 9.84 Å². The Labute approximate surface area is 233 Å². The summed E-state index contributed by atoms with van der Waals surface area (Å²) in [5, 5.41) is 10.7. The molecule has 2 unspecified atom stereocenters. The topological polar surface area (TPSA) is 46.5 Å². The maximum absolute atomic E-state index is 12.2. The zero-order valence-corrected chi connectivity index (χ0v) is 25.9. The van der Waals surface area contributed by atoms with Crippen molar-refractivity contribution in [2.45, 2.75) is 207 Å². The summed E-state index contributed by atoms with van der Waals surface area (Å²) in [5.74, 6) is -1.61. The normalized spacial score (nSPS) is 14.0. The molecule has 0 aromatic heterocycles. The molecule has 0 aromatic rings. The molecule has 0 saturated carbocycles. The van der Waals surface area contributed by atoms with Crippen LogP contribution < -0.4 is 0 Å². The third-order valence-corrected chi connectivity index (χ3v) is 8.21. The number of aliphatic hydroxyl groups is 1. The van der Waals surface area contributed by atoms with Crippen molar-refractivity contribution >= 4 is 5.97 Å². The quantitative estimate of drug-likeness (QED) is 0.0601. The van der Waals surface area contributed by atoms with Crippen LogP contribution in [0.25, 0.3) is 0 Å². The van der Waals surface area contributed by atoms with Crippen LogP contribution in [-0.2, 0) is 9.53 Å². The summed E-state index contributed by atoms with van der Waals surface area (Å²) >= 11 is 0. The van der Waals surface area contributed by atoms with Crippen molar-refractivity contribution in [1.82, 2.24) is 0 Å². The molecule has 2 atom stereocenters. The lowest BCUT2D eigenvalue weighted by Crippen LogP contribution is -2.38. The fourth-order valence-corrected chi connectivity index (χ4v) is 5.23. The molecule has 0 aliphatic rings. The highest BCUT2D eigenvalue weighted by Crippen LogP contribution is 2.25. The first kappa shape index (κ1) is 36.4. The standard InChI is InChI=1S/C34H68O3/c1-5-7-9-11-13-15-16-17-18-19-20-21-23-24-26-28-30-32(3)34(4,36)37-33(35)31-29-27-25-22-14-12-10-8-6-2/h32,36H,5-31H2,1-4H3. The summed E-state index contributed by atoms with van der Waals surface area (Å²) in [4.78, 5) is 12.2. The van der Waals surface area contributed by atoms with Crippen molar-refractivity contribution in [3.63, 3.8) is 0 Å². The molecule has 1 N–H and O–H groups in total. The minimum Gasteiger partial charge on any atom is -0.433 e. The highest BCUT2D eigenvalue weighted by molar-refractivity contribution is 5.69. The van der Waals surface area contributed by atoms with Crippen LogP contribution in [0.2, 0.25) is 0 Å². The minimum atomic E-state index is -1.34. The second-order valence-corrected chi connectivity index (χ2v) is 12.1. The number of esters is 1.